The van der Waals surface area contributed by atoms with Crippen LogP contribution in [0.5, 0.6) is 0 Å². The van der Waals surface area contributed by atoms with Gasteiger partial charge in [-0.05, 0) is 49.1 Å². The SMILES string of the molecule is CCCNC(C)c1cc2cc(C(C)(C)C)ccc2o1. The Bertz CT molecular complexity index is 548. The normalized spacial score (nSPS) is 13.9. The third kappa shape index (κ3) is 3.19. The predicted molar refractivity (Wildman–Crippen MR) is 81.6 cm³/mol. The smallest absolute Gasteiger partial charge is 0.134 e. The summed E-state index contributed by atoms with van der Waals surface area (Å²) in [5, 5.41) is 4.66. The highest BCUT2D eigenvalue weighted by molar-refractivity contribution is 5.79. The summed E-state index contributed by atoms with van der Waals surface area (Å²) in [6, 6.07) is 8.93. The maximum atomic E-state index is 5.93. The van der Waals surface area contributed by atoms with Crippen LogP contribution in [0.3, 0.4) is 0 Å². The van der Waals surface area contributed by atoms with Crippen molar-refractivity contribution < 1.29 is 4.42 Å². The molecule has 1 aromatic heterocycles. The number of nitrogens with one attached hydrogen (secondary N) is 1. The second-order valence-corrected chi connectivity index (χ2v) is 6.33. The van der Waals surface area contributed by atoms with Crippen LogP contribution in [0.1, 0.15) is 58.4 Å². The van der Waals surface area contributed by atoms with Gasteiger partial charge in [0.1, 0.15) is 11.3 Å². The number of hydrogen-bond acceptors (Lipinski definition) is 2. The molecule has 1 aromatic carbocycles. The summed E-state index contributed by atoms with van der Waals surface area (Å²) in [7, 11) is 0. The highest BCUT2D eigenvalue weighted by atomic mass is 16.3. The van der Waals surface area contributed by atoms with Crippen LogP contribution in [0, 0.1) is 0 Å². The van der Waals surface area contributed by atoms with Crippen LogP contribution in [0.4, 0.5) is 0 Å². The van der Waals surface area contributed by atoms with Gasteiger partial charge in [0.25, 0.3) is 0 Å². The Morgan fingerprint density at radius 3 is 2.58 bits per heavy atom. The molecule has 1 heterocycles. The number of furan rings is 1. The molecular formula is C17H25NO. The van der Waals surface area contributed by atoms with Crippen LogP contribution >= 0.6 is 0 Å². The second-order valence-electron chi connectivity index (χ2n) is 6.33. The van der Waals surface area contributed by atoms with Gasteiger partial charge in [0, 0.05) is 5.39 Å². The largest absolute Gasteiger partial charge is 0.459 e. The Kier molecular flexibility index (Phi) is 4.00. The van der Waals surface area contributed by atoms with Gasteiger partial charge in [-0.3, -0.25) is 0 Å². The highest BCUT2D eigenvalue weighted by Crippen LogP contribution is 2.29. The van der Waals surface area contributed by atoms with Gasteiger partial charge in [-0.15, -0.1) is 0 Å². The molecule has 0 bridgehead atoms. The molecule has 0 saturated carbocycles. The van der Waals surface area contributed by atoms with E-state index in [1.807, 2.05) is 0 Å². The fraction of sp³-hybridized carbons (Fsp3) is 0.529. The minimum absolute atomic E-state index is 0.178. The predicted octanol–water partition coefficient (Wildman–Crippen LogP) is 4.79. The molecule has 0 aliphatic carbocycles. The first kappa shape index (κ1) is 14.1. The van der Waals surface area contributed by atoms with Crippen LogP contribution in [-0.2, 0) is 5.41 Å². The lowest BCUT2D eigenvalue weighted by Gasteiger charge is -2.18. The summed E-state index contributed by atoms with van der Waals surface area (Å²) in [6.07, 6.45) is 1.14. The minimum atomic E-state index is 0.178. The van der Waals surface area contributed by atoms with Gasteiger partial charge in [-0.2, -0.15) is 0 Å². The number of hydrogen-bond donors (Lipinski definition) is 1. The summed E-state index contributed by atoms with van der Waals surface area (Å²) < 4.78 is 5.93. The van der Waals surface area contributed by atoms with Gasteiger partial charge in [0.15, 0.2) is 0 Å². The Labute approximate surface area is 116 Å². The highest BCUT2D eigenvalue weighted by Gasteiger charge is 2.16. The van der Waals surface area contributed by atoms with Crippen molar-refractivity contribution >= 4 is 11.0 Å². The lowest BCUT2D eigenvalue weighted by atomic mass is 9.86. The van der Waals surface area contributed by atoms with Crippen molar-refractivity contribution in [3.63, 3.8) is 0 Å². The van der Waals surface area contributed by atoms with Crippen LogP contribution < -0.4 is 5.32 Å². The van der Waals surface area contributed by atoms with Gasteiger partial charge >= 0.3 is 0 Å². The topological polar surface area (TPSA) is 25.2 Å². The summed E-state index contributed by atoms with van der Waals surface area (Å²) in [4.78, 5) is 0. The zero-order chi connectivity index (χ0) is 14.0. The standard InChI is InChI=1S/C17H25NO/c1-6-9-18-12(2)16-11-13-10-14(17(3,4)5)7-8-15(13)19-16/h7-8,10-12,18H,6,9H2,1-5H3. The van der Waals surface area contributed by atoms with Crippen molar-refractivity contribution in [1.29, 1.82) is 0 Å². The number of benzene rings is 1. The molecule has 0 aliphatic heterocycles. The quantitative estimate of drug-likeness (QED) is 0.854. The average Bonchev–Trinajstić information content (AvgIpc) is 2.77. The number of rotatable bonds is 4. The summed E-state index contributed by atoms with van der Waals surface area (Å²) in [5.74, 6) is 1.02. The Morgan fingerprint density at radius 2 is 1.95 bits per heavy atom. The molecule has 1 atom stereocenters. The zero-order valence-electron chi connectivity index (χ0n) is 12.7. The average molecular weight is 259 g/mol. The lowest BCUT2D eigenvalue weighted by Crippen LogP contribution is -2.18. The molecule has 19 heavy (non-hydrogen) atoms. The van der Waals surface area contributed by atoms with E-state index >= 15 is 0 Å². The molecule has 1 unspecified atom stereocenters. The molecule has 2 rings (SSSR count). The van der Waals surface area contributed by atoms with Crippen LogP contribution in [0.15, 0.2) is 28.7 Å². The van der Waals surface area contributed by atoms with Crippen molar-refractivity contribution in [2.24, 2.45) is 0 Å². The van der Waals surface area contributed by atoms with Crippen LogP contribution in [-0.4, -0.2) is 6.54 Å². The summed E-state index contributed by atoms with van der Waals surface area (Å²) >= 11 is 0. The van der Waals surface area contributed by atoms with Gasteiger partial charge in [-0.1, -0.05) is 33.8 Å². The van der Waals surface area contributed by atoms with E-state index in [9.17, 15) is 0 Å². The van der Waals surface area contributed by atoms with Crippen molar-refractivity contribution in [3.8, 4) is 0 Å². The molecule has 2 nitrogen and oxygen atoms in total. The fourth-order valence-electron chi connectivity index (χ4n) is 2.21. The molecule has 0 radical (unpaired) electrons. The monoisotopic (exact) mass is 259 g/mol. The van der Waals surface area contributed by atoms with Crippen LogP contribution in [0.2, 0.25) is 0 Å². The van der Waals surface area contributed by atoms with E-state index in [4.69, 9.17) is 4.42 Å². The van der Waals surface area contributed by atoms with E-state index in [0.717, 1.165) is 24.3 Å². The van der Waals surface area contributed by atoms with Gasteiger partial charge in [0.2, 0.25) is 0 Å². The first-order valence-corrected chi connectivity index (χ1v) is 7.19. The van der Waals surface area contributed by atoms with Crippen molar-refractivity contribution in [1.82, 2.24) is 5.32 Å². The fourth-order valence-corrected chi connectivity index (χ4v) is 2.21. The third-order valence-corrected chi connectivity index (χ3v) is 3.53. The molecule has 0 aliphatic rings. The van der Waals surface area contributed by atoms with E-state index in [1.165, 1.54) is 10.9 Å². The van der Waals surface area contributed by atoms with E-state index in [0.29, 0.717) is 0 Å². The molecular weight excluding hydrogens is 234 g/mol. The first-order valence-electron chi connectivity index (χ1n) is 7.19. The molecule has 0 spiro atoms. The van der Waals surface area contributed by atoms with Gasteiger partial charge < -0.3 is 9.73 Å². The first-order chi connectivity index (χ1) is 8.91. The summed E-state index contributed by atoms with van der Waals surface area (Å²) in [5.41, 5.74) is 2.51. The van der Waals surface area contributed by atoms with Crippen LogP contribution in [0.25, 0.3) is 11.0 Å². The molecule has 0 amide bonds. The molecule has 104 valence electrons. The zero-order valence-corrected chi connectivity index (χ0v) is 12.7. The van der Waals surface area contributed by atoms with E-state index in [2.05, 4.69) is 64.2 Å². The molecule has 0 fully saturated rings. The second kappa shape index (κ2) is 5.38. The molecule has 1 N–H and O–H groups in total. The molecule has 0 saturated heterocycles. The lowest BCUT2D eigenvalue weighted by molar-refractivity contribution is 0.452. The van der Waals surface area contributed by atoms with Crippen molar-refractivity contribution in [3.05, 3.63) is 35.6 Å². The Hall–Kier alpha value is -1.28. The third-order valence-electron chi connectivity index (χ3n) is 3.53. The van der Waals surface area contributed by atoms with Crippen molar-refractivity contribution in [2.75, 3.05) is 6.54 Å². The van der Waals surface area contributed by atoms with E-state index in [-0.39, 0.29) is 11.5 Å². The Balaban J connectivity index is 2.30. The summed E-state index contributed by atoms with van der Waals surface area (Å²) in [6.45, 7) is 12.1. The molecule has 2 aromatic rings. The van der Waals surface area contributed by atoms with Gasteiger partial charge in [-0.25, -0.2) is 0 Å². The maximum Gasteiger partial charge on any atom is 0.134 e. The minimum Gasteiger partial charge on any atom is -0.459 e. The Morgan fingerprint density at radius 1 is 1.21 bits per heavy atom. The van der Waals surface area contributed by atoms with E-state index in [1.54, 1.807) is 0 Å². The molecule has 2 heteroatoms. The van der Waals surface area contributed by atoms with E-state index < -0.39 is 0 Å². The van der Waals surface area contributed by atoms with Gasteiger partial charge in [0.05, 0.1) is 6.04 Å². The van der Waals surface area contributed by atoms with Crippen molar-refractivity contribution in [2.45, 2.75) is 52.5 Å². The number of fused-ring (bicyclic) bond motifs is 1. The maximum absolute atomic E-state index is 5.93.